The molecule has 15 heavy (non-hydrogen) atoms. The number of para-hydroxylation sites is 1. The van der Waals surface area contributed by atoms with Crippen LogP contribution in [-0.2, 0) is 11.2 Å². The summed E-state index contributed by atoms with van der Waals surface area (Å²) < 4.78 is 11.1. The van der Waals surface area contributed by atoms with E-state index in [-0.39, 0.29) is 6.29 Å². The molecule has 0 saturated carbocycles. The van der Waals surface area contributed by atoms with Gasteiger partial charge in [0.1, 0.15) is 5.75 Å². The van der Waals surface area contributed by atoms with Gasteiger partial charge in [-0.1, -0.05) is 32.0 Å². The number of hydrogen-bond acceptors (Lipinski definition) is 2. The Morgan fingerprint density at radius 1 is 1.33 bits per heavy atom. The smallest absolute Gasteiger partial charge is 0.200 e. The van der Waals surface area contributed by atoms with Crippen molar-refractivity contribution in [2.45, 2.75) is 39.9 Å². The Bertz CT molecular complexity index is 284. The Hall–Kier alpha value is -1.02. The van der Waals surface area contributed by atoms with E-state index in [1.54, 1.807) is 0 Å². The van der Waals surface area contributed by atoms with Crippen molar-refractivity contribution in [3.05, 3.63) is 29.8 Å². The minimum Gasteiger partial charge on any atom is -0.465 e. The molecule has 2 heteroatoms. The van der Waals surface area contributed by atoms with Gasteiger partial charge in [0.15, 0.2) is 6.29 Å². The molecule has 0 saturated heterocycles. The predicted molar refractivity (Wildman–Crippen MR) is 62.2 cm³/mol. The van der Waals surface area contributed by atoms with E-state index < -0.39 is 0 Å². The van der Waals surface area contributed by atoms with E-state index in [0.717, 1.165) is 18.6 Å². The number of rotatable bonds is 2. The van der Waals surface area contributed by atoms with E-state index >= 15 is 0 Å². The zero-order chi connectivity index (χ0) is 11.1. The van der Waals surface area contributed by atoms with E-state index in [0.29, 0.717) is 6.61 Å². The van der Waals surface area contributed by atoms with Crippen molar-refractivity contribution in [1.82, 2.24) is 0 Å². The molecule has 0 N–H and O–H groups in total. The van der Waals surface area contributed by atoms with Crippen LogP contribution < -0.4 is 4.74 Å². The van der Waals surface area contributed by atoms with Crippen molar-refractivity contribution in [3.63, 3.8) is 0 Å². The van der Waals surface area contributed by atoms with Crippen LogP contribution in [0.5, 0.6) is 5.75 Å². The fraction of sp³-hybridized carbons (Fsp3) is 0.538. The second-order valence-corrected chi connectivity index (χ2v) is 3.15. The molecule has 0 fully saturated rings. The van der Waals surface area contributed by atoms with Gasteiger partial charge in [-0.15, -0.1) is 0 Å². The van der Waals surface area contributed by atoms with Crippen molar-refractivity contribution in [1.29, 1.82) is 0 Å². The summed E-state index contributed by atoms with van der Waals surface area (Å²) in [5.41, 5.74) is 1.29. The highest BCUT2D eigenvalue weighted by Crippen LogP contribution is 2.27. The highest BCUT2D eigenvalue weighted by Gasteiger charge is 2.18. The van der Waals surface area contributed by atoms with Gasteiger partial charge in [0.05, 0.1) is 0 Å². The van der Waals surface area contributed by atoms with Crippen molar-refractivity contribution in [2.24, 2.45) is 0 Å². The second kappa shape index (κ2) is 6.46. The monoisotopic (exact) mass is 208 g/mol. The molecule has 1 unspecified atom stereocenters. The van der Waals surface area contributed by atoms with Gasteiger partial charge in [-0.05, 0) is 25.0 Å². The maximum absolute atomic E-state index is 5.65. The lowest BCUT2D eigenvalue weighted by Gasteiger charge is -2.25. The molecule has 0 aromatic heterocycles. The van der Waals surface area contributed by atoms with E-state index in [1.165, 1.54) is 5.56 Å². The number of fused-ring (bicyclic) bond motifs is 1. The van der Waals surface area contributed by atoms with Gasteiger partial charge in [-0.2, -0.15) is 0 Å². The Labute approximate surface area is 92.2 Å². The molecule has 84 valence electrons. The Morgan fingerprint density at radius 2 is 2.07 bits per heavy atom. The first-order valence-electron chi connectivity index (χ1n) is 5.76. The number of benzene rings is 1. The van der Waals surface area contributed by atoms with Crippen LogP contribution in [0.25, 0.3) is 0 Å². The van der Waals surface area contributed by atoms with Crippen molar-refractivity contribution < 1.29 is 9.47 Å². The number of aryl methyl sites for hydroxylation is 1. The quantitative estimate of drug-likeness (QED) is 0.741. The number of hydrogen-bond donors (Lipinski definition) is 0. The van der Waals surface area contributed by atoms with Gasteiger partial charge in [0, 0.05) is 13.0 Å². The number of ether oxygens (including phenoxy) is 2. The van der Waals surface area contributed by atoms with Gasteiger partial charge >= 0.3 is 0 Å². The molecule has 1 atom stereocenters. The standard InChI is InChI=1S/C11H14O2.C2H6/c1-2-12-11-8-7-9-5-3-4-6-10(9)13-11;1-2/h3-6,11H,2,7-8H2,1H3;1-2H3. The first kappa shape index (κ1) is 12.1. The molecule has 0 bridgehead atoms. The zero-order valence-corrected chi connectivity index (χ0v) is 9.82. The highest BCUT2D eigenvalue weighted by atomic mass is 16.7. The van der Waals surface area contributed by atoms with Gasteiger partial charge in [0.25, 0.3) is 0 Å². The fourth-order valence-electron chi connectivity index (χ4n) is 1.60. The van der Waals surface area contributed by atoms with Crippen LogP contribution in [0.15, 0.2) is 24.3 Å². The lowest BCUT2D eigenvalue weighted by atomic mass is 10.1. The third-order valence-electron chi connectivity index (χ3n) is 2.23. The maximum Gasteiger partial charge on any atom is 0.200 e. The average molecular weight is 208 g/mol. The molecule has 0 aliphatic carbocycles. The van der Waals surface area contributed by atoms with E-state index in [2.05, 4.69) is 6.07 Å². The fourth-order valence-corrected chi connectivity index (χ4v) is 1.60. The lowest BCUT2D eigenvalue weighted by Crippen LogP contribution is -2.25. The minimum absolute atomic E-state index is 0.0418. The van der Waals surface area contributed by atoms with Crippen LogP contribution in [-0.4, -0.2) is 12.9 Å². The molecular weight excluding hydrogens is 188 g/mol. The van der Waals surface area contributed by atoms with E-state index in [1.807, 2.05) is 39.0 Å². The minimum atomic E-state index is -0.0418. The highest BCUT2D eigenvalue weighted by molar-refractivity contribution is 5.34. The van der Waals surface area contributed by atoms with Crippen LogP contribution in [0, 0.1) is 0 Å². The molecule has 1 aromatic rings. The molecule has 1 aliphatic rings. The van der Waals surface area contributed by atoms with Gasteiger partial charge in [-0.3, -0.25) is 0 Å². The van der Waals surface area contributed by atoms with Gasteiger partial charge in [-0.25, -0.2) is 0 Å². The molecule has 0 amide bonds. The molecule has 2 nitrogen and oxygen atoms in total. The van der Waals surface area contributed by atoms with Crippen molar-refractivity contribution >= 4 is 0 Å². The zero-order valence-electron chi connectivity index (χ0n) is 9.82. The van der Waals surface area contributed by atoms with Crippen LogP contribution in [0.4, 0.5) is 0 Å². The van der Waals surface area contributed by atoms with Gasteiger partial charge in [0.2, 0.25) is 0 Å². The predicted octanol–water partition coefficient (Wildman–Crippen LogP) is 3.40. The van der Waals surface area contributed by atoms with Crippen molar-refractivity contribution in [3.8, 4) is 5.75 Å². The Kier molecular flexibility index (Phi) is 5.19. The first-order chi connectivity index (χ1) is 7.40. The Morgan fingerprint density at radius 3 is 2.80 bits per heavy atom. The maximum atomic E-state index is 5.65. The lowest BCUT2D eigenvalue weighted by molar-refractivity contribution is -0.0861. The summed E-state index contributed by atoms with van der Waals surface area (Å²) in [5, 5.41) is 0. The molecular formula is C13H20O2. The molecule has 2 rings (SSSR count). The summed E-state index contributed by atoms with van der Waals surface area (Å²) in [4.78, 5) is 0. The molecule has 1 aromatic carbocycles. The summed E-state index contributed by atoms with van der Waals surface area (Å²) in [6, 6.07) is 8.15. The summed E-state index contributed by atoms with van der Waals surface area (Å²) in [5.74, 6) is 0.979. The SMILES string of the molecule is CC.CCOC1CCc2ccccc2O1. The molecule has 0 radical (unpaired) electrons. The summed E-state index contributed by atoms with van der Waals surface area (Å²) in [7, 11) is 0. The third kappa shape index (κ3) is 3.24. The van der Waals surface area contributed by atoms with Crippen LogP contribution in [0.3, 0.4) is 0 Å². The summed E-state index contributed by atoms with van der Waals surface area (Å²) >= 11 is 0. The van der Waals surface area contributed by atoms with E-state index in [4.69, 9.17) is 9.47 Å². The van der Waals surface area contributed by atoms with E-state index in [9.17, 15) is 0 Å². The van der Waals surface area contributed by atoms with Crippen LogP contribution in [0.1, 0.15) is 32.8 Å². The third-order valence-corrected chi connectivity index (χ3v) is 2.23. The van der Waals surface area contributed by atoms with Crippen LogP contribution in [0.2, 0.25) is 0 Å². The average Bonchev–Trinajstić information content (AvgIpc) is 2.32. The molecule has 1 aliphatic heterocycles. The topological polar surface area (TPSA) is 18.5 Å². The first-order valence-corrected chi connectivity index (χ1v) is 5.76. The Balaban J connectivity index is 0.000000531. The molecule has 0 spiro atoms. The molecule has 1 heterocycles. The largest absolute Gasteiger partial charge is 0.465 e. The summed E-state index contributed by atoms with van der Waals surface area (Å²) in [6.07, 6.45) is 1.98. The van der Waals surface area contributed by atoms with Crippen LogP contribution >= 0.6 is 0 Å². The normalized spacial score (nSPS) is 18.2. The summed E-state index contributed by atoms with van der Waals surface area (Å²) in [6.45, 7) is 6.71. The second-order valence-electron chi connectivity index (χ2n) is 3.15. The van der Waals surface area contributed by atoms with Crippen molar-refractivity contribution in [2.75, 3.05) is 6.61 Å². The van der Waals surface area contributed by atoms with Gasteiger partial charge < -0.3 is 9.47 Å².